The third-order valence-corrected chi connectivity index (χ3v) is 2.54. The summed E-state index contributed by atoms with van der Waals surface area (Å²) in [6.07, 6.45) is 1.75. The van der Waals surface area contributed by atoms with Gasteiger partial charge in [-0.2, -0.15) is 0 Å². The Morgan fingerprint density at radius 1 is 1.29 bits per heavy atom. The molecule has 0 aliphatic rings. The first-order chi connectivity index (χ1) is 8.33. The molecule has 2 aromatic rings. The molecule has 5 nitrogen and oxygen atoms in total. The Labute approximate surface area is 100 Å². The maximum atomic E-state index is 5.13. The Morgan fingerprint density at radius 3 is 2.71 bits per heavy atom. The molecular formula is C12H16N4O. The summed E-state index contributed by atoms with van der Waals surface area (Å²) in [6.45, 7) is 1.49. The number of hydrogen-bond donors (Lipinski definition) is 1. The molecule has 17 heavy (non-hydrogen) atoms. The van der Waals surface area contributed by atoms with Gasteiger partial charge in [-0.25, -0.2) is 0 Å². The smallest absolute Gasteiger partial charge is 0.147 e. The van der Waals surface area contributed by atoms with Crippen molar-refractivity contribution in [2.45, 2.75) is 13.1 Å². The first-order valence-electron chi connectivity index (χ1n) is 5.47. The van der Waals surface area contributed by atoms with Crippen LogP contribution in [-0.4, -0.2) is 28.9 Å². The van der Waals surface area contributed by atoms with Gasteiger partial charge in [-0.1, -0.05) is 12.1 Å². The van der Waals surface area contributed by atoms with E-state index >= 15 is 0 Å². The van der Waals surface area contributed by atoms with Crippen molar-refractivity contribution in [1.29, 1.82) is 0 Å². The first kappa shape index (κ1) is 11.6. The van der Waals surface area contributed by atoms with E-state index in [9.17, 15) is 0 Å². The highest BCUT2D eigenvalue weighted by molar-refractivity contribution is 5.27. The number of nitrogens with zero attached hydrogens (tertiary/aromatic N) is 3. The predicted molar refractivity (Wildman–Crippen MR) is 64.9 cm³/mol. The molecule has 0 atom stereocenters. The van der Waals surface area contributed by atoms with Crippen LogP contribution in [0.1, 0.15) is 11.4 Å². The number of rotatable bonds is 5. The highest BCUT2D eigenvalue weighted by Gasteiger charge is 2.03. The van der Waals surface area contributed by atoms with E-state index in [2.05, 4.69) is 15.5 Å². The zero-order valence-corrected chi connectivity index (χ0v) is 10.1. The summed E-state index contributed by atoms with van der Waals surface area (Å²) in [7, 11) is 3.56. The second-order valence-electron chi connectivity index (χ2n) is 3.75. The van der Waals surface area contributed by atoms with Crippen molar-refractivity contribution < 1.29 is 4.74 Å². The van der Waals surface area contributed by atoms with Crippen LogP contribution >= 0.6 is 0 Å². The van der Waals surface area contributed by atoms with Gasteiger partial charge in [0.2, 0.25) is 0 Å². The lowest BCUT2D eigenvalue weighted by molar-refractivity contribution is 0.414. The molecule has 0 saturated heterocycles. The molecule has 0 aliphatic carbocycles. The minimum Gasteiger partial charge on any atom is -0.497 e. The zero-order valence-electron chi connectivity index (χ0n) is 10.1. The fourth-order valence-corrected chi connectivity index (χ4v) is 1.63. The molecular weight excluding hydrogens is 216 g/mol. The molecule has 0 radical (unpaired) electrons. The lowest BCUT2D eigenvalue weighted by Gasteiger charge is -2.07. The molecule has 1 aromatic carbocycles. The third kappa shape index (κ3) is 2.82. The molecule has 0 aliphatic heterocycles. The van der Waals surface area contributed by atoms with Crippen LogP contribution < -0.4 is 10.1 Å². The van der Waals surface area contributed by atoms with Gasteiger partial charge in [0.05, 0.1) is 20.2 Å². The van der Waals surface area contributed by atoms with Crippen molar-refractivity contribution >= 4 is 0 Å². The topological polar surface area (TPSA) is 52.0 Å². The second kappa shape index (κ2) is 5.45. The van der Waals surface area contributed by atoms with E-state index in [1.807, 2.05) is 35.9 Å². The van der Waals surface area contributed by atoms with Crippen molar-refractivity contribution in [3.05, 3.63) is 42.0 Å². The van der Waals surface area contributed by atoms with E-state index in [1.54, 1.807) is 13.4 Å². The molecule has 1 aromatic heterocycles. The summed E-state index contributed by atoms with van der Waals surface area (Å²) in [5.74, 6) is 1.80. The molecule has 0 unspecified atom stereocenters. The van der Waals surface area contributed by atoms with Gasteiger partial charge >= 0.3 is 0 Å². The van der Waals surface area contributed by atoms with Crippen LogP contribution in [0, 0.1) is 0 Å². The maximum absolute atomic E-state index is 5.13. The number of benzene rings is 1. The summed E-state index contributed by atoms with van der Waals surface area (Å²) in [6, 6.07) is 8.00. The Bertz CT molecular complexity index is 464. The standard InChI is InChI=1S/C12H16N4O/c1-13-7-12-15-14-9-16(12)8-10-3-5-11(17-2)6-4-10/h3-6,9,13H,7-8H2,1-2H3. The lowest BCUT2D eigenvalue weighted by atomic mass is 10.2. The minimum atomic E-state index is 0.718. The van der Waals surface area contributed by atoms with Gasteiger partial charge in [-0.3, -0.25) is 0 Å². The summed E-state index contributed by atoms with van der Waals surface area (Å²) in [4.78, 5) is 0. The van der Waals surface area contributed by atoms with Crippen LogP contribution in [0.2, 0.25) is 0 Å². The average molecular weight is 232 g/mol. The number of ether oxygens (including phenoxy) is 1. The third-order valence-electron chi connectivity index (χ3n) is 2.54. The van der Waals surface area contributed by atoms with Crippen molar-refractivity contribution in [2.75, 3.05) is 14.2 Å². The van der Waals surface area contributed by atoms with E-state index < -0.39 is 0 Å². The SMILES string of the molecule is CNCc1nncn1Cc1ccc(OC)cc1. The van der Waals surface area contributed by atoms with Crippen molar-refractivity contribution in [1.82, 2.24) is 20.1 Å². The Balaban J connectivity index is 2.10. The van der Waals surface area contributed by atoms with Crippen LogP contribution in [0.3, 0.4) is 0 Å². The van der Waals surface area contributed by atoms with E-state index in [-0.39, 0.29) is 0 Å². The normalized spacial score (nSPS) is 10.5. The van der Waals surface area contributed by atoms with Gasteiger partial charge in [0.1, 0.15) is 17.9 Å². The number of methoxy groups -OCH3 is 1. The van der Waals surface area contributed by atoms with Crippen molar-refractivity contribution in [2.24, 2.45) is 0 Å². The molecule has 0 amide bonds. The molecule has 1 heterocycles. The van der Waals surface area contributed by atoms with Gasteiger partial charge < -0.3 is 14.6 Å². The van der Waals surface area contributed by atoms with Crippen LogP contribution in [0.25, 0.3) is 0 Å². The van der Waals surface area contributed by atoms with Gasteiger partial charge in [-0.05, 0) is 24.7 Å². The van der Waals surface area contributed by atoms with Crippen LogP contribution in [0.5, 0.6) is 5.75 Å². The largest absolute Gasteiger partial charge is 0.497 e. The maximum Gasteiger partial charge on any atom is 0.147 e. The molecule has 1 N–H and O–H groups in total. The quantitative estimate of drug-likeness (QED) is 0.837. The monoisotopic (exact) mass is 232 g/mol. The van der Waals surface area contributed by atoms with Gasteiger partial charge in [0.25, 0.3) is 0 Å². The van der Waals surface area contributed by atoms with E-state index in [0.717, 1.165) is 24.7 Å². The van der Waals surface area contributed by atoms with Crippen LogP contribution in [0.15, 0.2) is 30.6 Å². The second-order valence-corrected chi connectivity index (χ2v) is 3.75. The van der Waals surface area contributed by atoms with Gasteiger partial charge in [0, 0.05) is 0 Å². The number of hydrogen-bond acceptors (Lipinski definition) is 4. The van der Waals surface area contributed by atoms with Crippen LogP contribution in [-0.2, 0) is 13.1 Å². The number of aromatic nitrogens is 3. The molecule has 0 spiro atoms. The van der Waals surface area contributed by atoms with Crippen LogP contribution in [0.4, 0.5) is 0 Å². The molecule has 0 fully saturated rings. The van der Waals surface area contributed by atoms with Gasteiger partial charge in [-0.15, -0.1) is 10.2 Å². The molecule has 2 rings (SSSR count). The highest BCUT2D eigenvalue weighted by Crippen LogP contribution is 2.12. The lowest BCUT2D eigenvalue weighted by Crippen LogP contribution is -2.12. The van der Waals surface area contributed by atoms with E-state index in [4.69, 9.17) is 4.74 Å². The number of nitrogens with one attached hydrogen (secondary N) is 1. The Hall–Kier alpha value is -1.88. The Kier molecular flexibility index (Phi) is 3.72. The molecule has 5 heteroatoms. The first-order valence-corrected chi connectivity index (χ1v) is 5.47. The average Bonchev–Trinajstić information content (AvgIpc) is 2.78. The Morgan fingerprint density at radius 2 is 2.06 bits per heavy atom. The fourth-order valence-electron chi connectivity index (χ4n) is 1.63. The molecule has 0 bridgehead atoms. The summed E-state index contributed by atoms with van der Waals surface area (Å²) >= 11 is 0. The minimum absolute atomic E-state index is 0.718. The summed E-state index contributed by atoms with van der Waals surface area (Å²) < 4.78 is 7.15. The fraction of sp³-hybridized carbons (Fsp3) is 0.333. The van der Waals surface area contributed by atoms with E-state index in [1.165, 1.54) is 5.56 Å². The van der Waals surface area contributed by atoms with Crippen molar-refractivity contribution in [3.63, 3.8) is 0 Å². The van der Waals surface area contributed by atoms with Crippen molar-refractivity contribution in [3.8, 4) is 5.75 Å². The predicted octanol–water partition coefficient (Wildman–Crippen LogP) is 1.05. The molecule has 0 saturated carbocycles. The summed E-state index contributed by atoms with van der Waals surface area (Å²) in [5.41, 5.74) is 1.20. The van der Waals surface area contributed by atoms with E-state index in [0.29, 0.717) is 0 Å². The molecule has 90 valence electrons. The highest BCUT2D eigenvalue weighted by atomic mass is 16.5. The summed E-state index contributed by atoms with van der Waals surface area (Å²) in [5, 5.41) is 11.1. The zero-order chi connectivity index (χ0) is 12.1. The van der Waals surface area contributed by atoms with Gasteiger partial charge in [0.15, 0.2) is 0 Å².